The number of anilines is 1. The summed E-state index contributed by atoms with van der Waals surface area (Å²) < 4.78 is 20.0. The van der Waals surface area contributed by atoms with Crippen LogP contribution in [0.5, 0.6) is 0 Å². The average Bonchev–Trinajstić information content (AvgIpc) is 2.78. The Labute approximate surface area is 214 Å². The Balaban J connectivity index is 1.96. The zero-order valence-corrected chi connectivity index (χ0v) is 21.4. The smallest absolute Gasteiger partial charge is 0.410 e. The third-order valence-corrected chi connectivity index (χ3v) is 5.95. The molecule has 0 saturated carbocycles. The van der Waals surface area contributed by atoms with Gasteiger partial charge in [0.2, 0.25) is 5.91 Å². The molecule has 8 nitrogen and oxygen atoms in total. The molecule has 3 amide bonds. The topological polar surface area (TPSA) is 103 Å². The quantitative estimate of drug-likeness (QED) is 0.582. The molecule has 0 bridgehead atoms. The second-order valence-corrected chi connectivity index (χ2v) is 9.99. The number of alkyl halides is 1. The lowest BCUT2D eigenvalue weighted by Gasteiger charge is -2.53. The van der Waals surface area contributed by atoms with Crippen molar-refractivity contribution in [1.29, 1.82) is 5.26 Å². The van der Waals surface area contributed by atoms with Crippen molar-refractivity contribution >= 4 is 35.2 Å². The summed E-state index contributed by atoms with van der Waals surface area (Å²) in [5.74, 6) is -2.39. The molecule has 0 spiro atoms. The van der Waals surface area contributed by atoms with Crippen molar-refractivity contribution in [1.82, 2.24) is 9.80 Å². The van der Waals surface area contributed by atoms with Gasteiger partial charge >= 0.3 is 6.09 Å². The number of nitrogens with one attached hydrogen (secondary N) is 1. The van der Waals surface area contributed by atoms with Gasteiger partial charge in [0.25, 0.3) is 5.91 Å². The summed E-state index contributed by atoms with van der Waals surface area (Å²) in [7, 11) is 0. The number of hydrogen-bond donors (Lipinski definition) is 1. The van der Waals surface area contributed by atoms with Crippen molar-refractivity contribution in [3.8, 4) is 6.07 Å². The fourth-order valence-corrected chi connectivity index (χ4v) is 3.97. The van der Waals surface area contributed by atoms with Crippen LogP contribution in [0.15, 0.2) is 42.5 Å². The van der Waals surface area contributed by atoms with E-state index in [0.717, 1.165) is 17.2 Å². The Hall–Kier alpha value is -3.64. The molecule has 0 radical (unpaired) electrons. The van der Waals surface area contributed by atoms with Gasteiger partial charge in [-0.1, -0.05) is 29.8 Å². The molecule has 0 unspecified atom stereocenters. The van der Waals surface area contributed by atoms with Crippen LogP contribution in [0.25, 0.3) is 0 Å². The largest absolute Gasteiger partial charge is 0.444 e. The molecule has 1 aliphatic rings. The van der Waals surface area contributed by atoms with Crippen LogP contribution >= 0.6 is 11.6 Å². The minimum Gasteiger partial charge on any atom is -0.444 e. The van der Waals surface area contributed by atoms with Crippen LogP contribution in [0.3, 0.4) is 0 Å². The van der Waals surface area contributed by atoms with Gasteiger partial charge in [0.1, 0.15) is 17.3 Å². The Bertz CT molecular complexity index is 1200. The van der Waals surface area contributed by atoms with Crippen LogP contribution in [0.1, 0.15) is 37.5 Å². The van der Waals surface area contributed by atoms with Gasteiger partial charge in [0.05, 0.1) is 30.4 Å². The number of ether oxygens (including phenoxy) is 1. The summed E-state index contributed by atoms with van der Waals surface area (Å²) in [4.78, 5) is 41.9. The monoisotopic (exact) mass is 514 g/mol. The molecule has 1 saturated heterocycles. The number of halogens is 2. The molecule has 1 fully saturated rings. The zero-order chi connectivity index (χ0) is 26.7. The van der Waals surface area contributed by atoms with E-state index >= 15 is 0 Å². The molecular weight excluding hydrogens is 487 g/mol. The SMILES string of the molecule is Cc1ccc(CN(C(=O)CCl)C2(C(=O)Nc3ccc(C#N)cc3F)CN(C(=O)OC(C)(C)C)C2)cc1. The van der Waals surface area contributed by atoms with Crippen molar-refractivity contribution in [2.75, 3.05) is 24.3 Å². The number of carbonyl (C=O) groups is 3. The molecule has 0 aliphatic carbocycles. The van der Waals surface area contributed by atoms with E-state index in [9.17, 15) is 18.8 Å². The Morgan fingerprint density at radius 2 is 1.83 bits per heavy atom. The van der Waals surface area contributed by atoms with Gasteiger partial charge in [-0.2, -0.15) is 5.26 Å². The van der Waals surface area contributed by atoms with Gasteiger partial charge in [0.15, 0.2) is 5.54 Å². The van der Waals surface area contributed by atoms with Crippen LogP contribution in [-0.2, 0) is 20.9 Å². The third kappa shape index (κ3) is 5.94. The number of nitrogens with zero attached hydrogens (tertiary/aromatic N) is 3. The number of aryl methyl sites for hydroxylation is 1. The molecule has 1 aliphatic heterocycles. The molecule has 2 aromatic carbocycles. The van der Waals surface area contributed by atoms with Gasteiger partial charge in [-0.25, -0.2) is 9.18 Å². The lowest BCUT2D eigenvalue weighted by Crippen LogP contribution is -2.77. The Morgan fingerprint density at radius 3 is 2.36 bits per heavy atom. The summed E-state index contributed by atoms with van der Waals surface area (Å²) in [6.45, 7) is 6.81. The van der Waals surface area contributed by atoms with Crippen molar-refractivity contribution in [3.05, 3.63) is 65.0 Å². The number of benzene rings is 2. The van der Waals surface area contributed by atoms with Gasteiger partial charge < -0.3 is 19.9 Å². The molecule has 1 N–H and O–H groups in total. The average molecular weight is 515 g/mol. The number of rotatable bonds is 6. The lowest BCUT2D eigenvalue weighted by atomic mass is 9.85. The molecular formula is C26H28ClFN4O4. The Kier molecular flexibility index (Phi) is 7.89. The standard InChI is InChI=1S/C26H28ClFN4O4/c1-17-5-7-18(8-6-17)14-32(22(33)12-27)26(15-31(16-26)24(35)36-25(2,3)4)23(34)30-21-10-9-19(13-29)11-20(21)28/h5-11H,12,14-16H2,1-4H3,(H,30,34). The second-order valence-electron chi connectivity index (χ2n) is 9.73. The molecule has 0 atom stereocenters. The predicted molar refractivity (Wildman–Crippen MR) is 133 cm³/mol. The molecule has 10 heteroatoms. The highest BCUT2D eigenvalue weighted by atomic mass is 35.5. The van der Waals surface area contributed by atoms with Crippen LogP contribution in [0.4, 0.5) is 14.9 Å². The maximum atomic E-state index is 14.6. The number of likely N-dealkylation sites (tertiary alicyclic amines) is 1. The first-order valence-electron chi connectivity index (χ1n) is 11.3. The minimum absolute atomic E-state index is 0.0528. The first kappa shape index (κ1) is 27.0. The van der Waals surface area contributed by atoms with Crippen molar-refractivity contribution in [2.45, 2.75) is 45.4 Å². The van der Waals surface area contributed by atoms with Gasteiger partial charge in [-0.15, -0.1) is 11.6 Å². The second kappa shape index (κ2) is 10.5. The van der Waals surface area contributed by atoms with Crippen molar-refractivity contribution in [2.24, 2.45) is 0 Å². The van der Waals surface area contributed by atoms with Gasteiger partial charge in [-0.3, -0.25) is 9.59 Å². The number of carbonyl (C=O) groups excluding carboxylic acids is 3. The maximum Gasteiger partial charge on any atom is 0.410 e. The fourth-order valence-electron chi connectivity index (χ4n) is 3.83. The first-order chi connectivity index (χ1) is 16.9. The molecule has 1 heterocycles. The van der Waals surface area contributed by atoms with Crippen LogP contribution in [0.2, 0.25) is 0 Å². The van der Waals surface area contributed by atoms with E-state index in [1.165, 1.54) is 21.9 Å². The lowest BCUT2D eigenvalue weighted by molar-refractivity contribution is -0.155. The normalized spacial score (nSPS) is 14.3. The molecule has 0 aromatic heterocycles. The van der Waals surface area contributed by atoms with Crippen molar-refractivity contribution in [3.63, 3.8) is 0 Å². The summed E-state index contributed by atoms with van der Waals surface area (Å²) in [6.07, 6.45) is -0.635. The zero-order valence-electron chi connectivity index (χ0n) is 20.6. The van der Waals surface area contributed by atoms with E-state index in [1.807, 2.05) is 37.3 Å². The van der Waals surface area contributed by atoms with Crippen LogP contribution < -0.4 is 5.32 Å². The minimum atomic E-state index is -1.52. The number of nitriles is 1. The highest BCUT2D eigenvalue weighted by Crippen LogP contribution is 2.33. The number of amides is 3. The maximum absolute atomic E-state index is 14.6. The Morgan fingerprint density at radius 1 is 1.19 bits per heavy atom. The van der Waals surface area contributed by atoms with Gasteiger partial charge in [-0.05, 0) is 51.5 Å². The highest BCUT2D eigenvalue weighted by molar-refractivity contribution is 6.27. The summed E-state index contributed by atoms with van der Waals surface area (Å²) in [6, 6.07) is 12.9. The van der Waals surface area contributed by atoms with E-state index in [1.54, 1.807) is 20.8 Å². The third-order valence-electron chi connectivity index (χ3n) is 5.72. The van der Waals surface area contributed by atoms with E-state index in [2.05, 4.69) is 5.32 Å². The highest BCUT2D eigenvalue weighted by Gasteiger charge is 2.57. The number of hydrogen-bond acceptors (Lipinski definition) is 5. The van der Waals surface area contributed by atoms with E-state index in [0.29, 0.717) is 0 Å². The van der Waals surface area contributed by atoms with E-state index in [4.69, 9.17) is 21.6 Å². The molecule has 36 heavy (non-hydrogen) atoms. The van der Waals surface area contributed by atoms with Crippen LogP contribution in [-0.4, -0.2) is 57.8 Å². The van der Waals surface area contributed by atoms with Crippen molar-refractivity contribution < 1.29 is 23.5 Å². The molecule has 3 rings (SSSR count). The molecule has 2 aromatic rings. The van der Waals surface area contributed by atoms with E-state index in [-0.39, 0.29) is 30.9 Å². The first-order valence-corrected chi connectivity index (χ1v) is 11.8. The van der Waals surface area contributed by atoms with E-state index < -0.39 is 40.7 Å². The van der Waals surface area contributed by atoms with Gasteiger partial charge in [0, 0.05) is 6.54 Å². The predicted octanol–water partition coefficient (Wildman–Crippen LogP) is 4.20. The summed E-state index contributed by atoms with van der Waals surface area (Å²) in [5, 5.41) is 11.5. The van der Waals surface area contributed by atoms with Crippen LogP contribution in [0, 0.1) is 24.1 Å². The molecule has 190 valence electrons. The summed E-state index contributed by atoms with van der Waals surface area (Å²) >= 11 is 5.92. The fraction of sp³-hybridized carbons (Fsp3) is 0.385. The summed E-state index contributed by atoms with van der Waals surface area (Å²) in [5.41, 5.74) is -0.546.